The summed E-state index contributed by atoms with van der Waals surface area (Å²) in [5, 5.41) is 2.69. The third kappa shape index (κ3) is 5.17. The molecule has 2 rings (SSSR count). The van der Waals surface area contributed by atoms with Crippen molar-refractivity contribution in [3.05, 3.63) is 24.9 Å². The van der Waals surface area contributed by atoms with E-state index < -0.39 is 6.04 Å². The standard InChI is InChI=1S/C17H25N5O3/c1-4-6-14(19-13(3)23)16(24)21-9-11-22(12-10-21)17-18-8-7-15(20-17)25-5-2/h4,7-8,14H,1,5-6,9-12H2,2-3H3,(H,19,23)/t14-/m1/s1. The first kappa shape index (κ1) is 18.7. The Labute approximate surface area is 147 Å². The minimum atomic E-state index is -0.556. The van der Waals surface area contributed by atoms with E-state index in [1.807, 2.05) is 11.8 Å². The number of nitrogens with one attached hydrogen (secondary N) is 1. The minimum absolute atomic E-state index is 0.0845. The van der Waals surface area contributed by atoms with Crippen molar-refractivity contribution >= 4 is 17.8 Å². The molecule has 1 aliphatic rings. The Balaban J connectivity index is 1.96. The van der Waals surface area contributed by atoms with Gasteiger partial charge in [0.15, 0.2) is 0 Å². The third-order valence-electron chi connectivity index (χ3n) is 3.86. The third-order valence-corrected chi connectivity index (χ3v) is 3.86. The van der Waals surface area contributed by atoms with Crippen LogP contribution in [0.25, 0.3) is 0 Å². The molecule has 2 heterocycles. The van der Waals surface area contributed by atoms with Crippen LogP contribution in [0.1, 0.15) is 20.3 Å². The number of nitrogens with zero attached hydrogens (tertiary/aromatic N) is 4. The molecule has 1 aliphatic heterocycles. The molecule has 0 radical (unpaired) electrons. The summed E-state index contributed by atoms with van der Waals surface area (Å²) >= 11 is 0. The highest BCUT2D eigenvalue weighted by atomic mass is 16.5. The number of amides is 2. The maximum absolute atomic E-state index is 12.6. The van der Waals surface area contributed by atoms with Crippen LogP contribution in [-0.2, 0) is 9.59 Å². The first-order chi connectivity index (χ1) is 12.0. The second-order valence-corrected chi connectivity index (χ2v) is 5.72. The van der Waals surface area contributed by atoms with Crippen LogP contribution in [-0.4, -0.2) is 65.5 Å². The molecule has 0 aromatic carbocycles. The second-order valence-electron chi connectivity index (χ2n) is 5.72. The first-order valence-corrected chi connectivity index (χ1v) is 8.42. The molecule has 2 amide bonds. The van der Waals surface area contributed by atoms with Crippen LogP contribution in [0.3, 0.4) is 0 Å². The van der Waals surface area contributed by atoms with Crippen LogP contribution in [0.15, 0.2) is 24.9 Å². The molecule has 1 aromatic rings. The zero-order chi connectivity index (χ0) is 18.2. The molecule has 0 saturated carbocycles. The number of carbonyl (C=O) groups is 2. The lowest BCUT2D eigenvalue weighted by Crippen LogP contribution is -2.55. The lowest BCUT2D eigenvalue weighted by molar-refractivity contribution is -0.136. The van der Waals surface area contributed by atoms with Crippen molar-refractivity contribution in [1.29, 1.82) is 0 Å². The Hall–Kier alpha value is -2.64. The molecule has 136 valence electrons. The Morgan fingerprint density at radius 3 is 2.72 bits per heavy atom. The summed E-state index contributed by atoms with van der Waals surface area (Å²) in [6.07, 6.45) is 3.72. The second kappa shape index (κ2) is 9.00. The molecular formula is C17H25N5O3. The van der Waals surface area contributed by atoms with Gasteiger partial charge in [-0.15, -0.1) is 6.58 Å². The molecule has 0 unspecified atom stereocenters. The molecule has 0 aliphatic carbocycles. The summed E-state index contributed by atoms with van der Waals surface area (Å²) in [6.45, 7) is 9.86. The summed E-state index contributed by atoms with van der Waals surface area (Å²) in [6, 6.07) is 1.17. The number of hydrogen-bond donors (Lipinski definition) is 1. The zero-order valence-electron chi connectivity index (χ0n) is 14.8. The Morgan fingerprint density at radius 2 is 2.12 bits per heavy atom. The highest BCUT2D eigenvalue weighted by Crippen LogP contribution is 2.15. The van der Waals surface area contributed by atoms with Crippen molar-refractivity contribution in [2.75, 3.05) is 37.7 Å². The molecule has 8 heteroatoms. The van der Waals surface area contributed by atoms with Gasteiger partial charge in [-0.2, -0.15) is 4.98 Å². The van der Waals surface area contributed by atoms with E-state index in [-0.39, 0.29) is 11.8 Å². The first-order valence-electron chi connectivity index (χ1n) is 8.42. The van der Waals surface area contributed by atoms with E-state index in [4.69, 9.17) is 4.74 Å². The van der Waals surface area contributed by atoms with Gasteiger partial charge in [-0.3, -0.25) is 9.59 Å². The lowest BCUT2D eigenvalue weighted by atomic mass is 10.1. The van der Waals surface area contributed by atoms with Gasteiger partial charge in [-0.1, -0.05) is 6.08 Å². The van der Waals surface area contributed by atoms with Crippen LogP contribution >= 0.6 is 0 Å². The summed E-state index contributed by atoms with van der Waals surface area (Å²) < 4.78 is 5.40. The van der Waals surface area contributed by atoms with Gasteiger partial charge >= 0.3 is 0 Å². The van der Waals surface area contributed by atoms with Gasteiger partial charge in [0.1, 0.15) is 6.04 Å². The van der Waals surface area contributed by atoms with E-state index in [2.05, 4.69) is 21.9 Å². The van der Waals surface area contributed by atoms with E-state index in [0.29, 0.717) is 51.0 Å². The SMILES string of the molecule is C=CC[C@@H](NC(C)=O)C(=O)N1CCN(c2nccc(OCC)n2)CC1. The van der Waals surface area contributed by atoms with E-state index in [9.17, 15) is 9.59 Å². The van der Waals surface area contributed by atoms with Gasteiger partial charge in [0.2, 0.25) is 23.6 Å². The monoisotopic (exact) mass is 347 g/mol. The van der Waals surface area contributed by atoms with E-state index in [1.165, 1.54) is 6.92 Å². The predicted octanol–water partition coefficient (Wildman–Crippen LogP) is 0.605. The van der Waals surface area contributed by atoms with Crippen LogP contribution in [0.4, 0.5) is 5.95 Å². The smallest absolute Gasteiger partial charge is 0.245 e. The number of piperazine rings is 1. The fraction of sp³-hybridized carbons (Fsp3) is 0.529. The maximum atomic E-state index is 12.6. The van der Waals surface area contributed by atoms with E-state index in [1.54, 1.807) is 23.2 Å². The van der Waals surface area contributed by atoms with Gasteiger partial charge < -0.3 is 19.9 Å². The van der Waals surface area contributed by atoms with E-state index in [0.717, 1.165) is 0 Å². The zero-order valence-corrected chi connectivity index (χ0v) is 14.8. The van der Waals surface area contributed by atoms with Crippen molar-refractivity contribution in [2.24, 2.45) is 0 Å². The van der Waals surface area contributed by atoms with Crippen molar-refractivity contribution in [3.8, 4) is 5.88 Å². The molecule has 1 fully saturated rings. The molecule has 8 nitrogen and oxygen atoms in total. The molecule has 1 saturated heterocycles. The largest absolute Gasteiger partial charge is 0.478 e. The number of rotatable bonds is 7. The van der Waals surface area contributed by atoms with Gasteiger partial charge in [-0.05, 0) is 13.3 Å². The summed E-state index contributed by atoms with van der Waals surface area (Å²) in [4.78, 5) is 36.3. The van der Waals surface area contributed by atoms with Gasteiger partial charge in [0.05, 0.1) is 6.61 Å². The Morgan fingerprint density at radius 1 is 1.40 bits per heavy atom. The van der Waals surface area contributed by atoms with Crippen LogP contribution in [0.2, 0.25) is 0 Å². The lowest BCUT2D eigenvalue weighted by Gasteiger charge is -2.36. The predicted molar refractivity (Wildman–Crippen MR) is 94.4 cm³/mol. The fourth-order valence-electron chi connectivity index (χ4n) is 2.69. The quantitative estimate of drug-likeness (QED) is 0.727. The number of ether oxygens (including phenoxy) is 1. The topological polar surface area (TPSA) is 87.7 Å². The number of hydrogen-bond acceptors (Lipinski definition) is 6. The average molecular weight is 347 g/mol. The molecule has 0 spiro atoms. The molecule has 25 heavy (non-hydrogen) atoms. The summed E-state index contributed by atoms with van der Waals surface area (Å²) in [5.74, 6) is 0.837. The molecule has 1 atom stereocenters. The normalized spacial score (nSPS) is 15.4. The molecule has 0 bridgehead atoms. The number of anilines is 1. The fourth-order valence-corrected chi connectivity index (χ4v) is 2.69. The van der Waals surface area contributed by atoms with E-state index >= 15 is 0 Å². The Kier molecular flexibility index (Phi) is 6.73. The van der Waals surface area contributed by atoms with Crippen molar-refractivity contribution in [3.63, 3.8) is 0 Å². The van der Waals surface area contributed by atoms with Gasteiger partial charge in [0.25, 0.3) is 0 Å². The number of carbonyl (C=O) groups excluding carboxylic acids is 2. The summed E-state index contributed by atoms with van der Waals surface area (Å²) in [7, 11) is 0. The molecule has 1 aromatic heterocycles. The highest BCUT2D eigenvalue weighted by Gasteiger charge is 2.28. The summed E-state index contributed by atoms with van der Waals surface area (Å²) in [5.41, 5.74) is 0. The Bertz CT molecular complexity index is 614. The van der Waals surface area contributed by atoms with Crippen molar-refractivity contribution in [2.45, 2.75) is 26.3 Å². The van der Waals surface area contributed by atoms with Crippen LogP contribution in [0, 0.1) is 0 Å². The van der Waals surface area contributed by atoms with Crippen molar-refractivity contribution < 1.29 is 14.3 Å². The minimum Gasteiger partial charge on any atom is -0.478 e. The molecular weight excluding hydrogens is 322 g/mol. The highest BCUT2D eigenvalue weighted by molar-refractivity contribution is 5.87. The van der Waals surface area contributed by atoms with Crippen LogP contribution < -0.4 is 15.0 Å². The van der Waals surface area contributed by atoms with Gasteiger partial charge in [0, 0.05) is 45.4 Å². The van der Waals surface area contributed by atoms with Gasteiger partial charge in [-0.25, -0.2) is 4.98 Å². The maximum Gasteiger partial charge on any atom is 0.245 e. The van der Waals surface area contributed by atoms with Crippen LogP contribution in [0.5, 0.6) is 5.88 Å². The number of aromatic nitrogens is 2. The van der Waals surface area contributed by atoms with Crippen molar-refractivity contribution in [1.82, 2.24) is 20.2 Å². The molecule has 1 N–H and O–H groups in total. The average Bonchev–Trinajstić information content (AvgIpc) is 2.61.